The summed E-state index contributed by atoms with van der Waals surface area (Å²) in [5.74, 6) is -1.16. The molecule has 6 nitrogen and oxygen atoms in total. The largest absolute Gasteiger partial charge is 0.495 e. The second kappa shape index (κ2) is 9.15. The summed E-state index contributed by atoms with van der Waals surface area (Å²) in [5, 5.41) is 2.65. The van der Waals surface area contributed by atoms with E-state index in [2.05, 4.69) is 5.32 Å². The van der Waals surface area contributed by atoms with Gasteiger partial charge in [-0.25, -0.2) is 12.8 Å². The lowest BCUT2D eigenvalue weighted by atomic mass is 10.3. The fourth-order valence-electron chi connectivity index (χ4n) is 2.76. The van der Waals surface area contributed by atoms with Crippen LogP contribution in [0.25, 0.3) is 0 Å². The molecule has 0 aliphatic rings. The Morgan fingerprint density at radius 3 is 2.40 bits per heavy atom. The van der Waals surface area contributed by atoms with Gasteiger partial charge < -0.3 is 10.1 Å². The van der Waals surface area contributed by atoms with Crippen molar-refractivity contribution in [1.29, 1.82) is 0 Å². The molecule has 0 aromatic heterocycles. The molecule has 0 aliphatic heterocycles. The maximum absolute atomic E-state index is 13.9. The minimum Gasteiger partial charge on any atom is -0.495 e. The van der Waals surface area contributed by atoms with Crippen molar-refractivity contribution >= 4 is 38.9 Å². The Labute approximate surface area is 178 Å². The molecule has 0 spiro atoms. The SMILES string of the molecule is COc1ccc(Cl)cc1N(CC(=O)Nc1ccccc1F)S(=O)(=O)c1ccccc1. The number of rotatable bonds is 7. The number of halogens is 2. The summed E-state index contributed by atoms with van der Waals surface area (Å²) in [5.41, 5.74) is 0.0233. The van der Waals surface area contributed by atoms with Crippen LogP contribution in [0.15, 0.2) is 77.7 Å². The number of carbonyl (C=O) groups is 1. The molecular formula is C21H18ClFN2O4S. The van der Waals surface area contributed by atoms with Crippen molar-refractivity contribution < 1.29 is 22.3 Å². The van der Waals surface area contributed by atoms with E-state index in [0.29, 0.717) is 0 Å². The van der Waals surface area contributed by atoms with Crippen LogP contribution in [0.5, 0.6) is 5.75 Å². The topological polar surface area (TPSA) is 75.7 Å². The molecule has 0 unspecified atom stereocenters. The third-order valence-electron chi connectivity index (χ3n) is 4.18. The Bertz CT molecular complexity index is 1160. The van der Waals surface area contributed by atoms with Crippen LogP contribution in [-0.2, 0) is 14.8 Å². The number of anilines is 2. The van der Waals surface area contributed by atoms with Gasteiger partial charge in [-0.05, 0) is 42.5 Å². The van der Waals surface area contributed by atoms with E-state index in [1.807, 2.05) is 0 Å². The zero-order valence-electron chi connectivity index (χ0n) is 15.9. The molecule has 0 saturated heterocycles. The van der Waals surface area contributed by atoms with Gasteiger partial charge in [-0.15, -0.1) is 0 Å². The first-order chi connectivity index (χ1) is 14.3. The summed E-state index contributed by atoms with van der Waals surface area (Å²) in [7, 11) is -2.79. The van der Waals surface area contributed by atoms with E-state index in [9.17, 15) is 17.6 Å². The molecule has 1 N–H and O–H groups in total. The monoisotopic (exact) mass is 448 g/mol. The summed E-state index contributed by atoms with van der Waals surface area (Å²) < 4.78 is 46.7. The number of methoxy groups -OCH3 is 1. The first-order valence-corrected chi connectivity index (χ1v) is 10.6. The highest BCUT2D eigenvalue weighted by Gasteiger charge is 2.29. The molecule has 0 saturated carbocycles. The van der Waals surface area contributed by atoms with Crippen LogP contribution < -0.4 is 14.4 Å². The van der Waals surface area contributed by atoms with E-state index in [-0.39, 0.29) is 27.0 Å². The van der Waals surface area contributed by atoms with Crippen LogP contribution in [-0.4, -0.2) is 28.0 Å². The van der Waals surface area contributed by atoms with Crippen molar-refractivity contribution in [3.8, 4) is 5.75 Å². The van der Waals surface area contributed by atoms with Crippen LogP contribution in [0.1, 0.15) is 0 Å². The van der Waals surface area contributed by atoms with E-state index in [4.69, 9.17) is 16.3 Å². The highest BCUT2D eigenvalue weighted by Crippen LogP contribution is 2.34. The molecule has 0 atom stereocenters. The minimum absolute atomic E-state index is 0.0225. The Kier molecular flexibility index (Phi) is 6.59. The van der Waals surface area contributed by atoms with Gasteiger partial charge in [-0.1, -0.05) is 41.9 Å². The summed E-state index contributed by atoms with van der Waals surface area (Å²) >= 11 is 6.07. The number of nitrogens with one attached hydrogen (secondary N) is 1. The van der Waals surface area contributed by atoms with E-state index in [0.717, 1.165) is 4.31 Å². The van der Waals surface area contributed by atoms with Crippen LogP contribution in [0.4, 0.5) is 15.8 Å². The Balaban J connectivity index is 2.03. The number of carbonyl (C=O) groups excluding carboxylic acids is 1. The molecule has 3 rings (SSSR count). The smallest absolute Gasteiger partial charge is 0.264 e. The highest BCUT2D eigenvalue weighted by atomic mass is 35.5. The fraction of sp³-hybridized carbons (Fsp3) is 0.0952. The Morgan fingerprint density at radius 1 is 1.07 bits per heavy atom. The summed E-state index contributed by atoms with van der Waals surface area (Å²) in [6.45, 7) is -0.623. The molecule has 0 heterocycles. The Morgan fingerprint density at radius 2 is 1.73 bits per heavy atom. The summed E-state index contributed by atoms with van der Waals surface area (Å²) in [4.78, 5) is 12.6. The fourth-order valence-corrected chi connectivity index (χ4v) is 4.37. The van der Waals surface area contributed by atoms with Gasteiger partial charge in [0, 0.05) is 5.02 Å². The molecule has 0 bridgehead atoms. The third kappa shape index (κ3) is 4.72. The molecule has 0 radical (unpaired) electrons. The molecule has 1 amide bonds. The van der Waals surface area contributed by atoms with Crippen LogP contribution >= 0.6 is 11.6 Å². The normalized spacial score (nSPS) is 11.0. The van der Waals surface area contributed by atoms with Gasteiger partial charge in [-0.3, -0.25) is 9.10 Å². The minimum atomic E-state index is -4.16. The second-order valence-corrected chi connectivity index (χ2v) is 8.47. The molecule has 30 heavy (non-hydrogen) atoms. The van der Waals surface area contributed by atoms with Gasteiger partial charge in [0.15, 0.2) is 0 Å². The van der Waals surface area contributed by atoms with E-state index in [1.165, 1.54) is 55.6 Å². The van der Waals surface area contributed by atoms with Crippen LogP contribution in [0, 0.1) is 5.82 Å². The number of sulfonamides is 1. The molecule has 156 valence electrons. The molecule has 9 heteroatoms. The molecular weight excluding hydrogens is 431 g/mol. The van der Waals surface area contributed by atoms with E-state index < -0.39 is 28.3 Å². The second-order valence-electron chi connectivity index (χ2n) is 6.17. The van der Waals surface area contributed by atoms with Crippen molar-refractivity contribution in [3.63, 3.8) is 0 Å². The number of hydrogen-bond donors (Lipinski definition) is 1. The number of para-hydroxylation sites is 1. The van der Waals surface area contributed by atoms with Crippen LogP contribution in [0.2, 0.25) is 5.02 Å². The number of amides is 1. The van der Waals surface area contributed by atoms with Crippen molar-refractivity contribution in [2.24, 2.45) is 0 Å². The maximum atomic E-state index is 13.9. The maximum Gasteiger partial charge on any atom is 0.264 e. The van der Waals surface area contributed by atoms with Crippen molar-refractivity contribution in [2.75, 3.05) is 23.3 Å². The number of hydrogen-bond acceptors (Lipinski definition) is 4. The lowest BCUT2D eigenvalue weighted by molar-refractivity contribution is -0.114. The van der Waals surface area contributed by atoms with Gasteiger partial charge >= 0.3 is 0 Å². The number of nitrogens with zero attached hydrogens (tertiary/aromatic N) is 1. The summed E-state index contributed by atoms with van der Waals surface area (Å²) in [6, 6.07) is 17.7. The number of ether oxygens (including phenoxy) is 1. The zero-order chi connectivity index (χ0) is 21.7. The first kappa shape index (κ1) is 21.6. The van der Waals surface area contributed by atoms with Crippen LogP contribution in [0.3, 0.4) is 0 Å². The average Bonchev–Trinajstić information content (AvgIpc) is 2.74. The molecule has 3 aromatic rings. The number of benzene rings is 3. The molecule has 0 aliphatic carbocycles. The average molecular weight is 449 g/mol. The van der Waals surface area contributed by atoms with E-state index >= 15 is 0 Å². The lowest BCUT2D eigenvalue weighted by Crippen LogP contribution is -2.38. The lowest BCUT2D eigenvalue weighted by Gasteiger charge is -2.26. The quantitative estimate of drug-likeness (QED) is 0.584. The standard InChI is InChI=1S/C21H18ClFN2O4S/c1-29-20-12-11-15(22)13-19(20)25(30(27,28)16-7-3-2-4-8-16)14-21(26)24-18-10-6-5-9-17(18)23/h2-13H,14H2,1H3,(H,24,26). The van der Waals surface area contributed by atoms with Gasteiger partial charge in [-0.2, -0.15) is 0 Å². The van der Waals surface area contributed by atoms with Gasteiger partial charge in [0.05, 0.1) is 23.4 Å². The van der Waals surface area contributed by atoms with Crippen molar-refractivity contribution in [2.45, 2.75) is 4.90 Å². The van der Waals surface area contributed by atoms with Crippen molar-refractivity contribution in [3.05, 3.63) is 83.6 Å². The van der Waals surface area contributed by atoms with Gasteiger partial charge in [0.25, 0.3) is 10.0 Å². The van der Waals surface area contributed by atoms with Gasteiger partial charge in [0.1, 0.15) is 18.1 Å². The highest BCUT2D eigenvalue weighted by molar-refractivity contribution is 7.92. The molecule has 0 fully saturated rings. The first-order valence-electron chi connectivity index (χ1n) is 8.78. The van der Waals surface area contributed by atoms with Gasteiger partial charge in [0.2, 0.25) is 5.91 Å². The third-order valence-corrected chi connectivity index (χ3v) is 6.19. The molecule has 3 aromatic carbocycles. The van der Waals surface area contributed by atoms with E-state index in [1.54, 1.807) is 24.3 Å². The zero-order valence-corrected chi connectivity index (χ0v) is 17.5. The predicted molar refractivity (Wildman–Crippen MR) is 114 cm³/mol. The Hall–Kier alpha value is -3.10. The van der Waals surface area contributed by atoms with Crippen molar-refractivity contribution in [1.82, 2.24) is 0 Å². The summed E-state index contributed by atoms with van der Waals surface area (Å²) in [6.07, 6.45) is 0. The predicted octanol–water partition coefficient (Wildman–Crippen LogP) is 4.32.